The zero-order valence-electron chi connectivity index (χ0n) is 14.7. The maximum Gasteiger partial charge on any atom is 0.303 e. The van der Waals surface area contributed by atoms with Gasteiger partial charge in [0.25, 0.3) is 0 Å². The quantitative estimate of drug-likeness (QED) is 0.539. The Balaban J connectivity index is 1.59. The van der Waals surface area contributed by atoms with Gasteiger partial charge < -0.3 is 9.47 Å². The van der Waals surface area contributed by atoms with Crippen molar-refractivity contribution in [2.24, 2.45) is 23.2 Å². The minimum atomic E-state index is -0.777. The summed E-state index contributed by atoms with van der Waals surface area (Å²) in [7, 11) is 0. The van der Waals surface area contributed by atoms with Gasteiger partial charge in [0.05, 0.1) is 0 Å². The summed E-state index contributed by atoms with van der Waals surface area (Å²) in [6.45, 7) is 3.57. The van der Waals surface area contributed by atoms with Gasteiger partial charge in [0.1, 0.15) is 11.9 Å². The summed E-state index contributed by atoms with van der Waals surface area (Å²) >= 11 is 0. The monoisotopic (exact) mass is 344 g/mol. The first kappa shape index (κ1) is 15.7. The second-order valence-electron chi connectivity index (χ2n) is 8.77. The third-order valence-corrected chi connectivity index (χ3v) is 7.77. The molecule has 0 aromatic carbocycles. The number of ketones is 2. The molecule has 4 fully saturated rings. The Morgan fingerprint density at radius 1 is 1.20 bits per heavy atom. The van der Waals surface area contributed by atoms with Crippen LogP contribution in [0.15, 0.2) is 11.6 Å². The molecule has 5 nitrogen and oxygen atoms in total. The SMILES string of the molecule is CC(=O)O[C@@]12C(=CC(=O)[C@H]3O[C@H]31)CC[C@@H]1[C@@H]2CC[C@]2(C)C(=O)CC[C@@H]12. The standard InChI is InChI=1S/C20H24O5/c1-10(21)25-20-11(9-15(22)17-18(20)24-17)3-4-12-13-5-6-16(23)19(13,2)8-7-14(12)20/h9,12-14,17-18H,3-8H2,1-2H3/t12-,13-,14-,17+,18+,19-,20+/m0/s1. The molecule has 4 aliphatic carbocycles. The molecule has 134 valence electrons. The highest BCUT2D eigenvalue weighted by Crippen LogP contribution is 2.64. The Labute approximate surface area is 147 Å². The molecule has 0 bridgehead atoms. The van der Waals surface area contributed by atoms with Crippen LogP contribution < -0.4 is 0 Å². The lowest BCUT2D eigenvalue weighted by molar-refractivity contribution is -0.176. The Hall–Kier alpha value is -1.49. The summed E-state index contributed by atoms with van der Waals surface area (Å²) in [5.74, 6) is 0.980. The molecule has 0 unspecified atom stereocenters. The fourth-order valence-electron chi connectivity index (χ4n) is 6.67. The number of hydrogen-bond acceptors (Lipinski definition) is 5. The molecule has 5 aliphatic rings. The minimum absolute atomic E-state index is 0.0120. The number of hydrogen-bond donors (Lipinski definition) is 0. The van der Waals surface area contributed by atoms with E-state index in [-0.39, 0.29) is 29.2 Å². The molecular formula is C20H24O5. The Morgan fingerprint density at radius 3 is 2.76 bits per heavy atom. The first-order valence-corrected chi connectivity index (χ1v) is 9.51. The van der Waals surface area contributed by atoms with Crippen molar-refractivity contribution in [3.05, 3.63) is 11.6 Å². The van der Waals surface area contributed by atoms with E-state index in [0.717, 1.165) is 37.7 Å². The minimum Gasteiger partial charge on any atom is -0.451 e. The lowest BCUT2D eigenvalue weighted by Crippen LogP contribution is -2.60. The highest BCUT2D eigenvalue weighted by Gasteiger charge is 2.71. The van der Waals surface area contributed by atoms with Gasteiger partial charge in [-0.25, -0.2) is 0 Å². The van der Waals surface area contributed by atoms with Crippen molar-refractivity contribution >= 4 is 17.5 Å². The molecule has 5 heteroatoms. The van der Waals surface area contributed by atoms with E-state index in [1.807, 2.05) is 0 Å². The molecule has 0 aromatic rings. The smallest absolute Gasteiger partial charge is 0.303 e. The normalized spacial score (nSPS) is 50.2. The van der Waals surface area contributed by atoms with Crippen molar-refractivity contribution in [3.63, 3.8) is 0 Å². The Kier molecular flexibility index (Phi) is 3.03. The fourth-order valence-corrected chi connectivity index (χ4v) is 6.67. The van der Waals surface area contributed by atoms with Crippen molar-refractivity contribution in [3.8, 4) is 0 Å². The van der Waals surface area contributed by atoms with Gasteiger partial charge in [0.2, 0.25) is 0 Å². The molecule has 7 atom stereocenters. The van der Waals surface area contributed by atoms with Crippen molar-refractivity contribution in [1.29, 1.82) is 0 Å². The molecule has 5 rings (SSSR count). The number of Topliss-reactive ketones (excluding diaryl/α,β-unsaturated/α-hetero) is 1. The lowest BCUT2D eigenvalue weighted by Gasteiger charge is -2.56. The van der Waals surface area contributed by atoms with E-state index >= 15 is 0 Å². The predicted molar refractivity (Wildman–Crippen MR) is 87.5 cm³/mol. The first-order chi connectivity index (χ1) is 11.9. The van der Waals surface area contributed by atoms with Crippen LogP contribution in [0, 0.1) is 23.2 Å². The third kappa shape index (κ3) is 1.85. The lowest BCUT2D eigenvalue weighted by atomic mass is 9.50. The number of ether oxygens (including phenoxy) is 2. The zero-order chi connectivity index (χ0) is 17.6. The summed E-state index contributed by atoms with van der Waals surface area (Å²) in [5, 5.41) is 0. The average Bonchev–Trinajstić information content (AvgIpc) is 3.31. The number of epoxide rings is 1. The van der Waals surface area contributed by atoms with Gasteiger partial charge in [0, 0.05) is 24.7 Å². The van der Waals surface area contributed by atoms with Crippen LogP contribution in [0.2, 0.25) is 0 Å². The average molecular weight is 344 g/mol. The number of esters is 1. The summed E-state index contributed by atoms with van der Waals surface area (Å²) < 4.78 is 11.7. The van der Waals surface area contributed by atoms with E-state index in [9.17, 15) is 14.4 Å². The number of fused-ring (bicyclic) bond motifs is 7. The molecule has 0 N–H and O–H groups in total. The Morgan fingerprint density at radius 2 is 2.00 bits per heavy atom. The second-order valence-corrected chi connectivity index (χ2v) is 8.77. The molecule has 0 aromatic heterocycles. The number of carbonyl (C=O) groups is 3. The topological polar surface area (TPSA) is 73.0 Å². The molecule has 1 heterocycles. The van der Waals surface area contributed by atoms with Gasteiger partial charge in [0.15, 0.2) is 17.5 Å². The largest absolute Gasteiger partial charge is 0.451 e. The molecule has 0 amide bonds. The van der Waals surface area contributed by atoms with Crippen molar-refractivity contribution < 1.29 is 23.9 Å². The highest BCUT2D eigenvalue weighted by molar-refractivity contribution is 5.99. The van der Waals surface area contributed by atoms with E-state index in [1.165, 1.54) is 6.92 Å². The maximum atomic E-state index is 12.5. The van der Waals surface area contributed by atoms with Gasteiger partial charge in [-0.05, 0) is 55.6 Å². The van der Waals surface area contributed by atoms with Gasteiger partial charge in [-0.1, -0.05) is 6.92 Å². The third-order valence-electron chi connectivity index (χ3n) is 7.77. The van der Waals surface area contributed by atoms with Crippen molar-refractivity contribution in [2.45, 2.75) is 70.2 Å². The molecule has 0 radical (unpaired) electrons. The maximum absolute atomic E-state index is 12.5. The van der Waals surface area contributed by atoms with E-state index in [1.54, 1.807) is 6.08 Å². The second kappa shape index (κ2) is 4.81. The summed E-state index contributed by atoms with van der Waals surface area (Å²) in [6, 6.07) is 0. The van der Waals surface area contributed by atoms with Gasteiger partial charge in [-0.2, -0.15) is 0 Å². The molecule has 3 saturated carbocycles. The van der Waals surface area contributed by atoms with Gasteiger partial charge in [-0.15, -0.1) is 0 Å². The van der Waals surface area contributed by atoms with Crippen LogP contribution in [0.25, 0.3) is 0 Å². The van der Waals surface area contributed by atoms with Gasteiger partial charge >= 0.3 is 5.97 Å². The van der Waals surface area contributed by atoms with E-state index in [0.29, 0.717) is 24.0 Å². The van der Waals surface area contributed by atoms with E-state index < -0.39 is 11.7 Å². The predicted octanol–water partition coefficient (Wildman–Crippen LogP) is 2.37. The van der Waals surface area contributed by atoms with Crippen molar-refractivity contribution in [1.82, 2.24) is 0 Å². The summed E-state index contributed by atoms with van der Waals surface area (Å²) in [6.07, 6.45) is 5.97. The van der Waals surface area contributed by atoms with Crippen LogP contribution in [0.1, 0.15) is 52.4 Å². The van der Waals surface area contributed by atoms with Crippen LogP contribution in [-0.2, 0) is 23.9 Å². The summed E-state index contributed by atoms with van der Waals surface area (Å²) in [5.41, 5.74) is -0.0467. The van der Waals surface area contributed by atoms with Crippen LogP contribution in [0.5, 0.6) is 0 Å². The summed E-state index contributed by atoms with van der Waals surface area (Å²) in [4.78, 5) is 36.6. The zero-order valence-corrected chi connectivity index (χ0v) is 14.7. The first-order valence-electron chi connectivity index (χ1n) is 9.51. The number of carbonyl (C=O) groups excluding carboxylic acids is 3. The van der Waals surface area contributed by atoms with E-state index in [4.69, 9.17) is 9.47 Å². The molecule has 25 heavy (non-hydrogen) atoms. The Bertz CT molecular complexity index is 724. The van der Waals surface area contributed by atoms with E-state index in [2.05, 4.69) is 6.92 Å². The highest BCUT2D eigenvalue weighted by atomic mass is 16.6. The molecule has 1 saturated heterocycles. The fraction of sp³-hybridized carbons (Fsp3) is 0.750. The van der Waals surface area contributed by atoms with Crippen LogP contribution in [0.4, 0.5) is 0 Å². The van der Waals surface area contributed by atoms with Crippen LogP contribution >= 0.6 is 0 Å². The van der Waals surface area contributed by atoms with Crippen LogP contribution in [-0.4, -0.2) is 35.3 Å². The van der Waals surface area contributed by atoms with Gasteiger partial charge in [-0.3, -0.25) is 14.4 Å². The van der Waals surface area contributed by atoms with Crippen LogP contribution in [0.3, 0.4) is 0 Å². The number of rotatable bonds is 1. The molecular weight excluding hydrogens is 320 g/mol. The molecule has 0 spiro atoms. The van der Waals surface area contributed by atoms with Crippen molar-refractivity contribution in [2.75, 3.05) is 0 Å². The molecule has 1 aliphatic heterocycles.